The molecule has 28 heavy (non-hydrogen) atoms. The van der Waals surface area contributed by atoms with Gasteiger partial charge < -0.3 is 10.1 Å². The second-order valence-corrected chi connectivity index (χ2v) is 7.76. The predicted octanol–water partition coefficient (Wildman–Crippen LogP) is 6.32. The van der Waals surface area contributed by atoms with Gasteiger partial charge in [-0.15, -0.1) is 0 Å². The van der Waals surface area contributed by atoms with Crippen LogP contribution in [0.2, 0.25) is 0 Å². The molecular weight excluding hydrogens is 366 g/mol. The van der Waals surface area contributed by atoms with Crippen molar-refractivity contribution in [1.82, 2.24) is 9.97 Å². The molecule has 0 spiro atoms. The van der Waals surface area contributed by atoms with Gasteiger partial charge in [-0.3, -0.25) is 4.98 Å². The van der Waals surface area contributed by atoms with Crippen LogP contribution in [0.3, 0.4) is 0 Å². The average Bonchev–Trinajstić information content (AvgIpc) is 3.14. The summed E-state index contributed by atoms with van der Waals surface area (Å²) in [4.78, 5) is 8.84. The van der Waals surface area contributed by atoms with E-state index in [9.17, 15) is 0 Å². The van der Waals surface area contributed by atoms with Gasteiger partial charge in [0.15, 0.2) is 5.13 Å². The molecule has 142 valence electrons. The number of benzene rings is 2. The first-order valence-corrected chi connectivity index (χ1v) is 10.3. The Hall–Kier alpha value is -2.92. The Morgan fingerprint density at radius 2 is 1.89 bits per heavy atom. The molecule has 2 aromatic carbocycles. The highest BCUT2D eigenvalue weighted by Crippen LogP contribution is 2.32. The van der Waals surface area contributed by atoms with Crippen molar-refractivity contribution in [3.05, 3.63) is 72.6 Å². The van der Waals surface area contributed by atoms with Crippen LogP contribution in [0.15, 0.2) is 67.0 Å². The number of fused-ring (bicyclic) bond motifs is 1. The van der Waals surface area contributed by atoms with Crippen LogP contribution in [-0.2, 0) is 0 Å². The van der Waals surface area contributed by atoms with E-state index in [0.717, 1.165) is 35.0 Å². The third-order valence-electron chi connectivity index (χ3n) is 4.57. The first-order chi connectivity index (χ1) is 13.7. The molecule has 5 heteroatoms. The van der Waals surface area contributed by atoms with Crippen LogP contribution in [0.5, 0.6) is 5.75 Å². The fourth-order valence-electron chi connectivity index (χ4n) is 3.07. The van der Waals surface area contributed by atoms with Gasteiger partial charge in [0.25, 0.3) is 0 Å². The van der Waals surface area contributed by atoms with Crippen LogP contribution in [0.1, 0.15) is 31.9 Å². The lowest BCUT2D eigenvalue weighted by Gasteiger charge is -2.14. The zero-order chi connectivity index (χ0) is 19.3. The molecule has 1 N–H and O–H groups in total. The molecule has 4 rings (SSSR count). The van der Waals surface area contributed by atoms with E-state index in [1.165, 1.54) is 15.8 Å². The fourth-order valence-corrected chi connectivity index (χ4v) is 4.06. The normalized spacial score (nSPS) is 12.1. The highest BCUT2D eigenvalue weighted by Gasteiger charge is 2.11. The summed E-state index contributed by atoms with van der Waals surface area (Å²) in [5.74, 6) is 0.916. The van der Waals surface area contributed by atoms with Crippen molar-refractivity contribution >= 4 is 26.7 Å². The van der Waals surface area contributed by atoms with Gasteiger partial charge in [0, 0.05) is 12.4 Å². The monoisotopic (exact) mass is 389 g/mol. The SMILES string of the molecule is CCCOc1cccc([C@@H](C)Nc2nc3ccc(-c4ccncc4)cc3s2)c1. The van der Waals surface area contributed by atoms with Crippen LogP contribution in [0.25, 0.3) is 21.3 Å². The minimum atomic E-state index is 0.144. The molecule has 1 atom stereocenters. The van der Waals surface area contributed by atoms with E-state index < -0.39 is 0 Å². The lowest BCUT2D eigenvalue weighted by molar-refractivity contribution is 0.317. The van der Waals surface area contributed by atoms with E-state index in [1.54, 1.807) is 11.3 Å². The topological polar surface area (TPSA) is 47.0 Å². The number of aromatic nitrogens is 2. The summed E-state index contributed by atoms with van der Waals surface area (Å²) >= 11 is 1.68. The molecule has 0 bridgehead atoms. The van der Waals surface area contributed by atoms with Gasteiger partial charge in [-0.05, 0) is 66.4 Å². The number of nitrogens with zero attached hydrogens (tertiary/aromatic N) is 2. The number of rotatable bonds is 7. The molecule has 0 aliphatic rings. The minimum Gasteiger partial charge on any atom is -0.494 e. The lowest BCUT2D eigenvalue weighted by atomic mass is 10.1. The number of ether oxygens (including phenoxy) is 1. The standard InChI is InChI=1S/C23H23N3OS/c1-3-13-27-20-6-4-5-18(14-20)16(2)25-23-26-21-8-7-19(15-22(21)28-23)17-9-11-24-12-10-17/h4-12,14-16H,3,13H2,1-2H3,(H,25,26)/t16-/m1/s1. The fraction of sp³-hybridized carbons (Fsp3) is 0.217. The Morgan fingerprint density at radius 3 is 2.71 bits per heavy atom. The van der Waals surface area contributed by atoms with E-state index in [2.05, 4.69) is 54.5 Å². The number of pyridine rings is 1. The molecule has 0 saturated carbocycles. The van der Waals surface area contributed by atoms with E-state index >= 15 is 0 Å². The van der Waals surface area contributed by atoms with Gasteiger partial charge in [0.1, 0.15) is 5.75 Å². The Morgan fingerprint density at radius 1 is 1.04 bits per heavy atom. The molecular formula is C23H23N3OS. The molecule has 4 nitrogen and oxygen atoms in total. The Labute approximate surface area is 169 Å². The minimum absolute atomic E-state index is 0.144. The largest absolute Gasteiger partial charge is 0.494 e. The number of hydrogen-bond donors (Lipinski definition) is 1. The maximum Gasteiger partial charge on any atom is 0.184 e. The first-order valence-electron chi connectivity index (χ1n) is 9.53. The summed E-state index contributed by atoms with van der Waals surface area (Å²) in [7, 11) is 0. The third kappa shape index (κ3) is 4.15. The summed E-state index contributed by atoms with van der Waals surface area (Å²) in [5, 5.41) is 4.46. The Balaban J connectivity index is 1.53. The van der Waals surface area contributed by atoms with Gasteiger partial charge in [0.2, 0.25) is 0 Å². The maximum absolute atomic E-state index is 5.75. The van der Waals surface area contributed by atoms with Crippen LogP contribution in [0.4, 0.5) is 5.13 Å². The van der Waals surface area contributed by atoms with Crippen molar-refractivity contribution in [1.29, 1.82) is 0 Å². The Kier molecular flexibility index (Phi) is 5.53. The summed E-state index contributed by atoms with van der Waals surface area (Å²) < 4.78 is 6.92. The highest BCUT2D eigenvalue weighted by atomic mass is 32.1. The molecule has 2 heterocycles. The second kappa shape index (κ2) is 8.40. The number of thiazole rings is 1. The number of hydrogen-bond acceptors (Lipinski definition) is 5. The average molecular weight is 390 g/mol. The molecule has 0 aliphatic heterocycles. The molecule has 0 amide bonds. The molecule has 4 aromatic rings. The summed E-state index contributed by atoms with van der Waals surface area (Å²) in [6, 6.07) is 18.8. The van der Waals surface area contributed by atoms with Gasteiger partial charge in [-0.2, -0.15) is 0 Å². The van der Waals surface area contributed by atoms with E-state index in [1.807, 2.05) is 36.7 Å². The third-order valence-corrected chi connectivity index (χ3v) is 5.52. The van der Waals surface area contributed by atoms with Crippen LogP contribution in [-0.4, -0.2) is 16.6 Å². The van der Waals surface area contributed by atoms with Crippen LogP contribution in [0, 0.1) is 0 Å². The van der Waals surface area contributed by atoms with Gasteiger partial charge in [-0.1, -0.05) is 36.5 Å². The van der Waals surface area contributed by atoms with Crippen molar-refractivity contribution in [3.8, 4) is 16.9 Å². The van der Waals surface area contributed by atoms with Crippen molar-refractivity contribution in [2.24, 2.45) is 0 Å². The van der Waals surface area contributed by atoms with Crippen molar-refractivity contribution in [2.75, 3.05) is 11.9 Å². The van der Waals surface area contributed by atoms with Crippen molar-refractivity contribution in [3.63, 3.8) is 0 Å². The molecule has 0 fully saturated rings. The van der Waals surface area contributed by atoms with E-state index in [0.29, 0.717) is 0 Å². The van der Waals surface area contributed by atoms with Gasteiger partial charge in [-0.25, -0.2) is 4.98 Å². The van der Waals surface area contributed by atoms with Crippen molar-refractivity contribution in [2.45, 2.75) is 26.3 Å². The smallest absolute Gasteiger partial charge is 0.184 e. The zero-order valence-electron chi connectivity index (χ0n) is 16.1. The quantitative estimate of drug-likeness (QED) is 0.402. The molecule has 0 aliphatic carbocycles. The summed E-state index contributed by atoms with van der Waals surface area (Å²) in [6.45, 7) is 5.00. The Bertz CT molecular complexity index is 1060. The predicted molar refractivity (Wildman–Crippen MR) is 117 cm³/mol. The van der Waals surface area contributed by atoms with Crippen LogP contribution >= 0.6 is 11.3 Å². The molecule has 2 aromatic heterocycles. The number of nitrogens with one attached hydrogen (secondary N) is 1. The van der Waals surface area contributed by atoms with Crippen molar-refractivity contribution < 1.29 is 4.74 Å². The maximum atomic E-state index is 5.75. The summed E-state index contributed by atoms with van der Waals surface area (Å²) in [6.07, 6.45) is 4.64. The van der Waals surface area contributed by atoms with Crippen LogP contribution < -0.4 is 10.1 Å². The van der Waals surface area contributed by atoms with Gasteiger partial charge >= 0.3 is 0 Å². The molecule has 0 saturated heterocycles. The zero-order valence-corrected chi connectivity index (χ0v) is 16.9. The second-order valence-electron chi connectivity index (χ2n) is 6.72. The molecule has 0 radical (unpaired) electrons. The van der Waals surface area contributed by atoms with E-state index in [-0.39, 0.29) is 6.04 Å². The van der Waals surface area contributed by atoms with Gasteiger partial charge in [0.05, 0.1) is 22.9 Å². The first kappa shape index (κ1) is 18.4. The summed E-state index contributed by atoms with van der Waals surface area (Å²) in [5.41, 5.74) is 4.54. The van der Waals surface area contributed by atoms with E-state index in [4.69, 9.17) is 9.72 Å². The lowest BCUT2D eigenvalue weighted by Crippen LogP contribution is -2.06. The number of anilines is 1. The highest BCUT2D eigenvalue weighted by molar-refractivity contribution is 7.22. The molecule has 0 unspecified atom stereocenters.